The van der Waals surface area contributed by atoms with Crippen LogP contribution in [0.1, 0.15) is 28.9 Å². The summed E-state index contributed by atoms with van der Waals surface area (Å²) >= 11 is 0. The van der Waals surface area contributed by atoms with Crippen LogP contribution < -0.4 is 5.32 Å². The van der Waals surface area contributed by atoms with Gasteiger partial charge in [-0.2, -0.15) is 18.3 Å². The minimum Gasteiger partial charge on any atom is -0.481 e. The summed E-state index contributed by atoms with van der Waals surface area (Å²) in [6.07, 6.45) is -2.37. The molecule has 1 aliphatic carbocycles. The van der Waals surface area contributed by atoms with E-state index in [1.165, 1.54) is 24.3 Å². The lowest BCUT2D eigenvalue weighted by atomic mass is 10.1. The molecule has 1 heterocycles. The van der Waals surface area contributed by atoms with Crippen molar-refractivity contribution in [1.29, 1.82) is 0 Å². The molecule has 0 radical (unpaired) electrons. The first kappa shape index (κ1) is 17.0. The molecular weight excluding hydrogens is 339 g/mol. The summed E-state index contributed by atoms with van der Waals surface area (Å²) in [7, 11) is 0. The molecule has 9 heteroatoms. The molecule has 132 valence electrons. The van der Waals surface area contributed by atoms with Gasteiger partial charge in [-0.05, 0) is 37.1 Å². The number of rotatable bonds is 5. The second-order valence-corrected chi connectivity index (χ2v) is 5.96. The highest BCUT2D eigenvalue weighted by Gasteiger charge is 2.50. The van der Waals surface area contributed by atoms with Gasteiger partial charge >= 0.3 is 12.1 Å². The maximum atomic E-state index is 12.6. The van der Waals surface area contributed by atoms with Crippen LogP contribution in [-0.4, -0.2) is 33.3 Å². The summed E-state index contributed by atoms with van der Waals surface area (Å²) in [5.41, 5.74) is -1.42. The summed E-state index contributed by atoms with van der Waals surface area (Å²) < 4.78 is 38.9. The normalized spacial score (nSPS) is 15.6. The number of alkyl halides is 3. The maximum Gasteiger partial charge on any atom is 0.435 e. The van der Waals surface area contributed by atoms with Gasteiger partial charge in [-0.1, -0.05) is 6.07 Å². The van der Waals surface area contributed by atoms with Crippen LogP contribution in [0.2, 0.25) is 0 Å². The van der Waals surface area contributed by atoms with Crippen LogP contribution in [0.5, 0.6) is 0 Å². The van der Waals surface area contributed by atoms with Gasteiger partial charge < -0.3 is 10.4 Å². The van der Waals surface area contributed by atoms with Gasteiger partial charge in [0.1, 0.15) is 0 Å². The topological polar surface area (TPSA) is 84.2 Å². The summed E-state index contributed by atoms with van der Waals surface area (Å²) in [5.74, 6) is -1.43. The molecule has 25 heavy (non-hydrogen) atoms. The molecule has 1 aromatic carbocycles. The van der Waals surface area contributed by atoms with E-state index in [0.29, 0.717) is 18.5 Å². The van der Waals surface area contributed by atoms with Crippen molar-refractivity contribution in [3.05, 3.63) is 47.8 Å². The molecule has 0 bridgehead atoms. The van der Waals surface area contributed by atoms with Crippen molar-refractivity contribution >= 4 is 11.9 Å². The quantitative estimate of drug-likeness (QED) is 0.865. The molecule has 1 aliphatic rings. The van der Waals surface area contributed by atoms with Gasteiger partial charge in [0.2, 0.25) is 0 Å². The number of amides is 1. The fraction of sp³-hybridized carbons (Fsp3) is 0.312. The Bertz CT molecular complexity index is 825. The van der Waals surface area contributed by atoms with Gasteiger partial charge in [0.15, 0.2) is 5.69 Å². The fourth-order valence-electron chi connectivity index (χ4n) is 2.38. The van der Waals surface area contributed by atoms with Gasteiger partial charge in [-0.15, -0.1) is 0 Å². The van der Waals surface area contributed by atoms with Crippen molar-refractivity contribution < 1.29 is 27.9 Å². The van der Waals surface area contributed by atoms with Crippen LogP contribution >= 0.6 is 0 Å². The summed E-state index contributed by atoms with van der Waals surface area (Å²) in [5, 5.41) is 15.1. The van der Waals surface area contributed by atoms with Crippen molar-refractivity contribution in [2.45, 2.75) is 19.0 Å². The lowest BCUT2D eigenvalue weighted by Crippen LogP contribution is -2.34. The van der Waals surface area contributed by atoms with E-state index in [1.54, 1.807) is 0 Å². The zero-order valence-electron chi connectivity index (χ0n) is 12.9. The van der Waals surface area contributed by atoms with Crippen molar-refractivity contribution in [1.82, 2.24) is 15.1 Å². The third-order valence-electron chi connectivity index (χ3n) is 4.15. The Labute approximate surface area is 140 Å². The molecule has 1 aromatic heterocycles. The van der Waals surface area contributed by atoms with Crippen LogP contribution in [0.25, 0.3) is 5.69 Å². The van der Waals surface area contributed by atoms with E-state index in [0.717, 1.165) is 16.9 Å². The largest absolute Gasteiger partial charge is 0.481 e. The number of halogens is 3. The minimum atomic E-state index is -4.55. The highest BCUT2D eigenvalue weighted by molar-refractivity contribution is 5.95. The number of carboxylic acid groups (broad SMARTS) is 1. The fourth-order valence-corrected chi connectivity index (χ4v) is 2.38. The summed E-state index contributed by atoms with van der Waals surface area (Å²) in [6.45, 7) is 0.0192. The average molecular weight is 353 g/mol. The number of aromatic nitrogens is 2. The number of benzene rings is 1. The van der Waals surface area contributed by atoms with E-state index in [1.807, 2.05) is 0 Å². The molecule has 0 aliphatic heterocycles. The first-order valence-electron chi connectivity index (χ1n) is 7.46. The Morgan fingerprint density at radius 1 is 1.28 bits per heavy atom. The van der Waals surface area contributed by atoms with Gasteiger partial charge in [0.05, 0.1) is 11.1 Å². The van der Waals surface area contributed by atoms with Crippen LogP contribution in [0.3, 0.4) is 0 Å². The van der Waals surface area contributed by atoms with Crippen molar-refractivity contribution in [3.63, 3.8) is 0 Å². The molecule has 2 N–H and O–H groups in total. The highest BCUT2D eigenvalue weighted by Crippen LogP contribution is 2.45. The number of carbonyl (C=O) groups is 2. The SMILES string of the molecule is O=C(NCC1(C(=O)O)CC1)c1cccc(-n2ccc(C(F)(F)F)n2)c1. The van der Waals surface area contributed by atoms with E-state index in [2.05, 4.69) is 10.4 Å². The molecular formula is C16H14F3N3O3. The maximum absolute atomic E-state index is 12.6. The van der Waals surface area contributed by atoms with E-state index < -0.39 is 29.2 Å². The average Bonchev–Trinajstić information content (AvgIpc) is 3.18. The van der Waals surface area contributed by atoms with Crippen molar-refractivity contribution in [2.75, 3.05) is 6.54 Å². The van der Waals surface area contributed by atoms with E-state index in [9.17, 15) is 22.8 Å². The Balaban J connectivity index is 1.74. The highest BCUT2D eigenvalue weighted by atomic mass is 19.4. The molecule has 0 spiro atoms. The van der Waals surface area contributed by atoms with Gasteiger partial charge in [0, 0.05) is 18.3 Å². The number of aliphatic carboxylic acids is 1. The third-order valence-corrected chi connectivity index (χ3v) is 4.15. The number of nitrogens with one attached hydrogen (secondary N) is 1. The zero-order chi connectivity index (χ0) is 18.2. The van der Waals surface area contributed by atoms with E-state index in [4.69, 9.17) is 5.11 Å². The molecule has 0 unspecified atom stereocenters. The van der Waals surface area contributed by atoms with Gasteiger partial charge in [-0.3, -0.25) is 9.59 Å². The molecule has 6 nitrogen and oxygen atoms in total. The molecule has 1 amide bonds. The Morgan fingerprint density at radius 3 is 2.56 bits per heavy atom. The third kappa shape index (κ3) is 3.49. The predicted molar refractivity (Wildman–Crippen MR) is 80.2 cm³/mol. The lowest BCUT2D eigenvalue weighted by Gasteiger charge is -2.11. The van der Waals surface area contributed by atoms with Crippen LogP contribution in [0, 0.1) is 5.41 Å². The number of carboxylic acids is 1. The Hall–Kier alpha value is -2.84. The molecule has 0 saturated heterocycles. The summed E-state index contributed by atoms with van der Waals surface area (Å²) in [4.78, 5) is 23.3. The second-order valence-electron chi connectivity index (χ2n) is 5.96. The van der Waals surface area contributed by atoms with Crippen LogP contribution in [0.4, 0.5) is 13.2 Å². The molecule has 1 fully saturated rings. The smallest absolute Gasteiger partial charge is 0.435 e. The standard InChI is InChI=1S/C16H14F3N3O3/c17-16(18,19)12-4-7-22(21-12)11-3-1-2-10(8-11)13(23)20-9-15(5-6-15)14(24)25/h1-4,7-8H,5-6,9H2,(H,20,23)(H,24,25). The van der Waals surface area contributed by atoms with Crippen molar-refractivity contribution in [3.8, 4) is 5.69 Å². The molecule has 2 aromatic rings. The Morgan fingerprint density at radius 2 is 2.00 bits per heavy atom. The van der Waals surface area contributed by atoms with Crippen LogP contribution in [0.15, 0.2) is 36.5 Å². The van der Waals surface area contributed by atoms with Gasteiger partial charge in [0.25, 0.3) is 5.91 Å². The first-order chi connectivity index (χ1) is 11.7. The summed E-state index contributed by atoms with van der Waals surface area (Å²) in [6, 6.07) is 6.76. The predicted octanol–water partition coefficient (Wildman–Crippen LogP) is 2.49. The molecule has 1 saturated carbocycles. The van der Waals surface area contributed by atoms with Crippen LogP contribution in [-0.2, 0) is 11.0 Å². The minimum absolute atomic E-state index is 0.0192. The number of hydrogen-bond acceptors (Lipinski definition) is 3. The number of nitrogens with zero attached hydrogens (tertiary/aromatic N) is 2. The number of hydrogen-bond donors (Lipinski definition) is 2. The Kier molecular flexibility index (Phi) is 4.02. The molecule has 0 atom stereocenters. The lowest BCUT2D eigenvalue weighted by molar-refractivity contribution is -0.143. The van der Waals surface area contributed by atoms with E-state index in [-0.39, 0.29) is 12.1 Å². The zero-order valence-corrected chi connectivity index (χ0v) is 12.9. The number of carbonyl (C=O) groups excluding carboxylic acids is 1. The van der Waals surface area contributed by atoms with Crippen molar-refractivity contribution in [2.24, 2.45) is 5.41 Å². The first-order valence-corrected chi connectivity index (χ1v) is 7.46. The van der Waals surface area contributed by atoms with E-state index >= 15 is 0 Å². The molecule has 3 rings (SSSR count). The monoisotopic (exact) mass is 353 g/mol. The second kappa shape index (κ2) is 5.91. The van der Waals surface area contributed by atoms with Gasteiger partial charge in [-0.25, -0.2) is 4.68 Å².